The summed E-state index contributed by atoms with van der Waals surface area (Å²) in [7, 11) is 0. The molecule has 1 atom stereocenters. The van der Waals surface area contributed by atoms with Crippen molar-refractivity contribution in [1.29, 1.82) is 0 Å². The number of halogens is 3. The number of hydrogen-bond donors (Lipinski definition) is 1. The normalized spacial score (nSPS) is 11.6. The van der Waals surface area contributed by atoms with E-state index in [-0.39, 0.29) is 25.0 Å². The van der Waals surface area contributed by atoms with E-state index in [9.17, 15) is 9.59 Å². The number of carbonyl (C=O) groups excluding carboxylic acids is 2. The molecule has 2 aromatic carbocycles. The van der Waals surface area contributed by atoms with Crippen LogP contribution in [0, 0.1) is 0 Å². The van der Waals surface area contributed by atoms with E-state index in [4.69, 9.17) is 27.9 Å². The fourth-order valence-electron chi connectivity index (χ4n) is 2.82. The zero-order chi connectivity index (χ0) is 21.4. The molecule has 1 unspecified atom stereocenters. The highest BCUT2D eigenvalue weighted by Crippen LogP contribution is 2.27. The summed E-state index contributed by atoms with van der Waals surface area (Å²) in [6.07, 6.45) is 0.442. The van der Waals surface area contributed by atoms with Gasteiger partial charge in [0.15, 0.2) is 6.61 Å². The van der Waals surface area contributed by atoms with Crippen LogP contribution in [0.1, 0.15) is 25.8 Å². The van der Waals surface area contributed by atoms with Gasteiger partial charge in [-0.25, -0.2) is 0 Å². The zero-order valence-corrected chi connectivity index (χ0v) is 19.4. The average molecular weight is 502 g/mol. The molecule has 0 saturated carbocycles. The predicted octanol–water partition coefficient (Wildman–Crippen LogP) is 5.08. The second kappa shape index (κ2) is 11.4. The van der Waals surface area contributed by atoms with Crippen molar-refractivity contribution in [2.45, 2.75) is 32.9 Å². The first-order chi connectivity index (χ1) is 13.9. The van der Waals surface area contributed by atoms with E-state index in [1.54, 1.807) is 30.3 Å². The Balaban J connectivity index is 2.25. The minimum absolute atomic E-state index is 0.108. The lowest BCUT2D eigenvalue weighted by atomic mass is 10.1. The Bertz CT molecular complexity index is 826. The molecule has 2 aromatic rings. The molecule has 5 nitrogen and oxygen atoms in total. The van der Waals surface area contributed by atoms with Crippen molar-refractivity contribution in [3.05, 3.63) is 62.5 Å². The molecule has 0 aliphatic carbocycles. The van der Waals surface area contributed by atoms with Crippen LogP contribution in [-0.4, -0.2) is 35.9 Å². The smallest absolute Gasteiger partial charge is 0.261 e. The van der Waals surface area contributed by atoms with Gasteiger partial charge in [-0.1, -0.05) is 52.1 Å². The highest BCUT2D eigenvalue weighted by atomic mass is 79.9. The summed E-state index contributed by atoms with van der Waals surface area (Å²) in [6, 6.07) is 11.6. The van der Waals surface area contributed by atoms with Gasteiger partial charge in [-0.3, -0.25) is 9.59 Å². The van der Waals surface area contributed by atoms with Crippen molar-refractivity contribution >= 4 is 50.9 Å². The monoisotopic (exact) mass is 500 g/mol. The van der Waals surface area contributed by atoms with Crippen LogP contribution in [0.5, 0.6) is 5.75 Å². The van der Waals surface area contributed by atoms with Gasteiger partial charge < -0.3 is 15.0 Å². The average Bonchev–Trinajstić information content (AvgIpc) is 2.69. The van der Waals surface area contributed by atoms with Gasteiger partial charge in [-0.05, 0) is 49.7 Å². The number of rotatable bonds is 9. The first-order valence-corrected chi connectivity index (χ1v) is 10.8. The maximum absolute atomic E-state index is 13.0. The van der Waals surface area contributed by atoms with E-state index >= 15 is 0 Å². The van der Waals surface area contributed by atoms with Crippen molar-refractivity contribution in [2.24, 2.45) is 0 Å². The van der Waals surface area contributed by atoms with Gasteiger partial charge in [0.2, 0.25) is 5.91 Å². The number of hydrogen-bond acceptors (Lipinski definition) is 3. The van der Waals surface area contributed by atoms with Gasteiger partial charge in [0.1, 0.15) is 11.8 Å². The van der Waals surface area contributed by atoms with E-state index in [2.05, 4.69) is 21.2 Å². The van der Waals surface area contributed by atoms with Crippen LogP contribution >= 0.6 is 39.1 Å². The Morgan fingerprint density at radius 1 is 1.10 bits per heavy atom. The number of likely N-dealkylation sites (N-methyl/N-ethyl adjacent to an activating group) is 1. The highest BCUT2D eigenvalue weighted by Gasteiger charge is 2.29. The summed E-state index contributed by atoms with van der Waals surface area (Å²) in [6.45, 7) is 4.05. The SMILES string of the molecule is CCNC(=O)C(CC)N(Cc1c(Cl)cccc1Cl)C(=O)COc1ccc(Br)cc1. The second-order valence-electron chi connectivity index (χ2n) is 6.28. The lowest BCUT2D eigenvalue weighted by Gasteiger charge is -2.31. The molecule has 8 heteroatoms. The van der Waals surface area contributed by atoms with Crippen LogP contribution in [0.25, 0.3) is 0 Å². The maximum atomic E-state index is 13.0. The summed E-state index contributed by atoms with van der Waals surface area (Å²) in [5.41, 5.74) is 0.593. The van der Waals surface area contributed by atoms with Crippen molar-refractivity contribution < 1.29 is 14.3 Å². The van der Waals surface area contributed by atoms with Gasteiger partial charge in [0.25, 0.3) is 5.91 Å². The number of ether oxygens (including phenoxy) is 1. The molecule has 0 fully saturated rings. The third kappa shape index (κ3) is 6.63. The maximum Gasteiger partial charge on any atom is 0.261 e. The Labute approximate surface area is 189 Å². The van der Waals surface area contributed by atoms with Crippen molar-refractivity contribution in [3.8, 4) is 5.75 Å². The summed E-state index contributed by atoms with van der Waals surface area (Å²) >= 11 is 16.0. The highest BCUT2D eigenvalue weighted by molar-refractivity contribution is 9.10. The number of carbonyl (C=O) groups is 2. The fourth-order valence-corrected chi connectivity index (χ4v) is 3.61. The molecule has 2 amide bonds. The lowest BCUT2D eigenvalue weighted by molar-refractivity contribution is -0.142. The zero-order valence-electron chi connectivity index (χ0n) is 16.3. The molecule has 0 bridgehead atoms. The molecule has 0 saturated heterocycles. The van der Waals surface area contributed by atoms with Crippen molar-refractivity contribution in [2.75, 3.05) is 13.2 Å². The summed E-state index contributed by atoms with van der Waals surface area (Å²) in [5, 5.41) is 3.66. The second-order valence-corrected chi connectivity index (χ2v) is 8.01. The van der Waals surface area contributed by atoms with Gasteiger partial charge in [-0.15, -0.1) is 0 Å². The fraction of sp³-hybridized carbons (Fsp3) is 0.333. The number of nitrogens with zero attached hydrogens (tertiary/aromatic N) is 1. The lowest BCUT2D eigenvalue weighted by Crippen LogP contribution is -2.50. The standard InChI is InChI=1S/C21H23BrCl2N2O3/c1-3-19(21(28)25-4-2)26(12-16-17(23)6-5-7-18(16)24)20(27)13-29-15-10-8-14(22)9-11-15/h5-11,19H,3-4,12-13H2,1-2H3,(H,25,28). The van der Waals surface area contributed by atoms with Crippen LogP contribution in [-0.2, 0) is 16.1 Å². The van der Waals surface area contributed by atoms with E-state index in [1.807, 2.05) is 26.0 Å². The van der Waals surface area contributed by atoms with Crippen LogP contribution in [0.3, 0.4) is 0 Å². The Kier molecular flexibility index (Phi) is 9.27. The van der Waals surface area contributed by atoms with Crippen LogP contribution in [0.4, 0.5) is 0 Å². The first kappa shape index (κ1) is 23.5. The summed E-state index contributed by atoms with van der Waals surface area (Å²) in [4.78, 5) is 27.1. The van der Waals surface area contributed by atoms with Crippen LogP contribution in [0.2, 0.25) is 10.0 Å². The predicted molar refractivity (Wildman–Crippen MR) is 119 cm³/mol. The Morgan fingerprint density at radius 3 is 2.28 bits per heavy atom. The van der Waals surface area contributed by atoms with Gasteiger partial charge in [0.05, 0.1) is 0 Å². The van der Waals surface area contributed by atoms with Gasteiger partial charge in [0, 0.05) is 33.2 Å². The molecule has 0 radical (unpaired) electrons. The molecular formula is C21H23BrCl2N2O3. The Morgan fingerprint density at radius 2 is 1.72 bits per heavy atom. The number of benzene rings is 2. The van der Waals surface area contributed by atoms with Crippen molar-refractivity contribution in [1.82, 2.24) is 10.2 Å². The number of amides is 2. The van der Waals surface area contributed by atoms with Gasteiger partial charge in [-0.2, -0.15) is 0 Å². The molecule has 0 aliphatic rings. The largest absolute Gasteiger partial charge is 0.484 e. The third-order valence-corrected chi connectivity index (χ3v) is 5.54. The topological polar surface area (TPSA) is 58.6 Å². The molecule has 0 aliphatic heterocycles. The van der Waals surface area contributed by atoms with E-state index in [0.717, 1.165) is 4.47 Å². The summed E-state index contributed by atoms with van der Waals surface area (Å²) in [5.74, 6) is 0.000472. The third-order valence-electron chi connectivity index (χ3n) is 4.30. The number of nitrogens with one attached hydrogen (secondary N) is 1. The molecule has 156 valence electrons. The minimum Gasteiger partial charge on any atom is -0.484 e. The molecule has 0 aromatic heterocycles. The van der Waals surface area contributed by atoms with E-state index in [0.29, 0.717) is 34.3 Å². The molecule has 1 N–H and O–H groups in total. The quantitative estimate of drug-likeness (QED) is 0.521. The van der Waals surface area contributed by atoms with Crippen LogP contribution < -0.4 is 10.1 Å². The summed E-state index contributed by atoms with van der Waals surface area (Å²) < 4.78 is 6.54. The van der Waals surface area contributed by atoms with E-state index in [1.165, 1.54) is 4.90 Å². The van der Waals surface area contributed by atoms with Gasteiger partial charge >= 0.3 is 0 Å². The van der Waals surface area contributed by atoms with Crippen LogP contribution in [0.15, 0.2) is 46.9 Å². The molecule has 2 rings (SSSR count). The molecule has 0 heterocycles. The molecule has 0 spiro atoms. The molecule has 29 heavy (non-hydrogen) atoms. The van der Waals surface area contributed by atoms with E-state index < -0.39 is 6.04 Å². The minimum atomic E-state index is -0.664. The first-order valence-electron chi connectivity index (χ1n) is 9.25. The van der Waals surface area contributed by atoms with Crippen molar-refractivity contribution in [3.63, 3.8) is 0 Å². The molecular weight excluding hydrogens is 479 g/mol. The Hall–Kier alpha value is -1.76.